The molecule has 0 aromatic heterocycles. The molecule has 0 saturated heterocycles. The van der Waals surface area contributed by atoms with Crippen LogP contribution in [0.1, 0.15) is 23.3 Å². The molecule has 186 valence electrons. The van der Waals surface area contributed by atoms with Crippen LogP contribution in [0.4, 0.5) is 18.9 Å². The number of para-hydroxylation sites is 1. The summed E-state index contributed by atoms with van der Waals surface area (Å²) in [6, 6.07) is 12.4. The van der Waals surface area contributed by atoms with Gasteiger partial charge < -0.3 is 11.1 Å². The molecule has 6 nitrogen and oxygen atoms in total. The van der Waals surface area contributed by atoms with Gasteiger partial charge in [0.2, 0.25) is 17.7 Å². The lowest BCUT2D eigenvalue weighted by Gasteiger charge is -2.34. The minimum absolute atomic E-state index is 0.0109. The molecule has 0 saturated carbocycles. The quantitative estimate of drug-likeness (QED) is 0.534. The summed E-state index contributed by atoms with van der Waals surface area (Å²) in [5, 5.41) is 1.93. The molecule has 3 N–H and O–H groups in total. The zero-order valence-corrected chi connectivity index (χ0v) is 19.9. The van der Waals surface area contributed by atoms with Crippen LogP contribution >= 0.6 is 11.8 Å². The summed E-state index contributed by atoms with van der Waals surface area (Å²) in [5.74, 6) is -4.62. The first-order chi connectivity index (χ1) is 17.1. The van der Waals surface area contributed by atoms with Crippen molar-refractivity contribution in [3.05, 3.63) is 95.3 Å². The molecule has 3 aromatic carbocycles. The third-order valence-corrected chi connectivity index (χ3v) is 7.00. The third-order valence-electron chi connectivity index (χ3n) is 5.60. The summed E-state index contributed by atoms with van der Waals surface area (Å²) in [5.41, 5.74) is 6.81. The first-order valence-corrected chi connectivity index (χ1v) is 11.9. The van der Waals surface area contributed by atoms with Crippen molar-refractivity contribution in [1.82, 2.24) is 4.90 Å². The average Bonchev–Trinajstić information content (AvgIpc) is 2.95. The van der Waals surface area contributed by atoms with Gasteiger partial charge in [-0.25, -0.2) is 13.2 Å². The van der Waals surface area contributed by atoms with Crippen molar-refractivity contribution >= 4 is 35.2 Å². The molecule has 1 aliphatic heterocycles. The number of carbonyl (C=O) groups excluding carboxylic acids is 3. The minimum Gasteiger partial charge on any atom is -0.323 e. The Labute approximate surface area is 209 Å². The molecule has 0 radical (unpaired) electrons. The molecule has 3 atom stereocenters. The largest absolute Gasteiger partial charge is 0.323 e. The maximum Gasteiger partial charge on any atom is 0.249 e. The SMILES string of the molecule is C[C@H](N)C(=O)N(C(=O)Cc1cc(F)cc(F)c1)[C@@H]1C(=O)Nc2ccccc2S[C@@H]1c1ccc(F)cc1. The van der Waals surface area contributed by atoms with Crippen molar-refractivity contribution in [2.45, 2.75) is 35.6 Å². The monoisotopic (exact) mass is 513 g/mol. The van der Waals surface area contributed by atoms with E-state index in [1.165, 1.54) is 43.0 Å². The number of amides is 3. The van der Waals surface area contributed by atoms with Crippen molar-refractivity contribution in [3.8, 4) is 0 Å². The molecule has 36 heavy (non-hydrogen) atoms. The van der Waals surface area contributed by atoms with E-state index in [9.17, 15) is 27.6 Å². The van der Waals surface area contributed by atoms with Crippen molar-refractivity contribution in [2.24, 2.45) is 5.73 Å². The maximum atomic E-state index is 13.8. The van der Waals surface area contributed by atoms with Crippen molar-refractivity contribution < 1.29 is 27.6 Å². The standard InChI is InChI=1S/C26H22F3N3O3S/c1-14(30)26(35)32(22(33)12-15-10-18(28)13-19(29)11-15)23-24(16-6-8-17(27)9-7-16)36-21-5-3-2-4-20(21)31-25(23)34/h2-11,13-14,23-24H,12,30H2,1H3,(H,31,34)/t14-,23-,24+/m0/s1. The Bertz CT molecular complexity index is 1300. The smallest absolute Gasteiger partial charge is 0.249 e. The van der Waals surface area contributed by atoms with Gasteiger partial charge in [0.25, 0.3) is 0 Å². The Morgan fingerprint density at radius 1 is 1.00 bits per heavy atom. The van der Waals surface area contributed by atoms with Crippen LogP contribution in [-0.4, -0.2) is 34.7 Å². The van der Waals surface area contributed by atoms with E-state index < -0.39 is 58.9 Å². The van der Waals surface area contributed by atoms with Gasteiger partial charge in [-0.3, -0.25) is 19.3 Å². The van der Waals surface area contributed by atoms with E-state index in [-0.39, 0.29) is 5.56 Å². The van der Waals surface area contributed by atoms with E-state index in [0.29, 0.717) is 22.2 Å². The Balaban J connectivity index is 1.81. The first kappa shape index (κ1) is 25.5. The van der Waals surface area contributed by atoms with Crippen LogP contribution in [0, 0.1) is 17.5 Å². The molecular formula is C26H22F3N3O3S. The summed E-state index contributed by atoms with van der Waals surface area (Å²) in [6.07, 6.45) is -0.551. The number of hydrogen-bond donors (Lipinski definition) is 2. The normalized spacial score (nSPS) is 18.0. The van der Waals surface area contributed by atoms with E-state index >= 15 is 0 Å². The highest BCUT2D eigenvalue weighted by Gasteiger charge is 2.44. The van der Waals surface area contributed by atoms with E-state index in [0.717, 1.165) is 17.0 Å². The fourth-order valence-corrected chi connectivity index (χ4v) is 5.32. The summed E-state index contributed by atoms with van der Waals surface area (Å²) in [7, 11) is 0. The topological polar surface area (TPSA) is 92.5 Å². The number of rotatable bonds is 5. The molecule has 0 bridgehead atoms. The number of nitrogens with zero attached hydrogens (tertiary/aromatic N) is 1. The Hall–Kier alpha value is -3.63. The zero-order chi connectivity index (χ0) is 26.0. The van der Waals surface area contributed by atoms with Gasteiger partial charge in [0, 0.05) is 11.0 Å². The van der Waals surface area contributed by atoms with Crippen LogP contribution in [0.25, 0.3) is 0 Å². The fraction of sp³-hybridized carbons (Fsp3) is 0.192. The maximum absolute atomic E-state index is 13.8. The third kappa shape index (κ3) is 5.44. The second kappa shape index (κ2) is 10.5. The van der Waals surface area contributed by atoms with Gasteiger partial charge in [-0.1, -0.05) is 24.3 Å². The van der Waals surface area contributed by atoms with Crippen LogP contribution in [0.15, 0.2) is 71.6 Å². The van der Waals surface area contributed by atoms with Crippen molar-refractivity contribution in [3.63, 3.8) is 0 Å². The van der Waals surface area contributed by atoms with Crippen LogP contribution in [0.5, 0.6) is 0 Å². The van der Waals surface area contributed by atoms with Gasteiger partial charge >= 0.3 is 0 Å². The van der Waals surface area contributed by atoms with Gasteiger partial charge in [0.05, 0.1) is 23.4 Å². The molecule has 3 amide bonds. The number of fused-ring (bicyclic) bond motifs is 1. The lowest BCUT2D eigenvalue weighted by molar-refractivity contribution is -0.151. The molecule has 1 aliphatic rings. The molecule has 3 aromatic rings. The second-order valence-corrected chi connectivity index (χ2v) is 9.55. The molecule has 0 unspecified atom stereocenters. The fourth-order valence-electron chi connectivity index (χ4n) is 3.98. The Kier molecular flexibility index (Phi) is 7.46. The highest BCUT2D eigenvalue weighted by atomic mass is 32.2. The van der Waals surface area contributed by atoms with Gasteiger partial charge in [0.1, 0.15) is 23.5 Å². The molecule has 0 fully saturated rings. The number of carbonyl (C=O) groups is 3. The van der Waals surface area contributed by atoms with Crippen molar-refractivity contribution in [1.29, 1.82) is 0 Å². The predicted molar refractivity (Wildman–Crippen MR) is 129 cm³/mol. The molecule has 1 heterocycles. The number of halogens is 3. The average molecular weight is 514 g/mol. The molecule has 0 spiro atoms. The van der Waals surface area contributed by atoms with Gasteiger partial charge in [-0.2, -0.15) is 0 Å². The Morgan fingerprint density at radius 3 is 2.28 bits per heavy atom. The lowest BCUT2D eigenvalue weighted by atomic mass is 10.0. The van der Waals surface area contributed by atoms with Crippen LogP contribution in [0.3, 0.4) is 0 Å². The highest BCUT2D eigenvalue weighted by Crippen LogP contribution is 2.45. The zero-order valence-electron chi connectivity index (χ0n) is 19.1. The predicted octanol–water partition coefficient (Wildman–Crippen LogP) is 4.20. The van der Waals surface area contributed by atoms with E-state index in [2.05, 4.69) is 5.32 Å². The van der Waals surface area contributed by atoms with Gasteiger partial charge in [0.15, 0.2) is 0 Å². The minimum atomic E-state index is -1.39. The molecule has 0 aliphatic carbocycles. The van der Waals surface area contributed by atoms with Crippen molar-refractivity contribution in [2.75, 3.05) is 5.32 Å². The highest BCUT2D eigenvalue weighted by molar-refractivity contribution is 7.99. The van der Waals surface area contributed by atoms with E-state index in [1.807, 2.05) is 0 Å². The molecule has 4 rings (SSSR count). The lowest BCUT2D eigenvalue weighted by Crippen LogP contribution is -2.56. The number of imide groups is 1. The number of anilines is 1. The number of nitrogens with two attached hydrogens (primary N) is 1. The van der Waals surface area contributed by atoms with Crippen LogP contribution in [-0.2, 0) is 20.8 Å². The number of benzene rings is 3. The number of nitrogens with one attached hydrogen (secondary N) is 1. The Morgan fingerprint density at radius 2 is 1.64 bits per heavy atom. The van der Waals surface area contributed by atoms with Gasteiger partial charge in [-0.15, -0.1) is 11.8 Å². The van der Waals surface area contributed by atoms with Gasteiger partial charge in [-0.05, 0) is 54.4 Å². The number of hydrogen-bond acceptors (Lipinski definition) is 5. The van der Waals surface area contributed by atoms with Crippen LogP contribution in [0.2, 0.25) is 0 Å². The van der Waals surface area contributed by atoms with E-state index in [4.69, 9.17) is 5.73 Å². The summed E-state index contributed by atoms with van der Waals surface area (Å²) >= 11 is 1.22. The van der Waals surface area contributed by atoms with E-state index in [1.54, 1.807) is 24.3 Å². The summed E-state index contributed by atoms with van der Waals surface area (Å²) in [4.78, 5) is 41.7. The second-order valence-electron chi connectivity index (χ2n) is 8.37. The summed E-state index contributed by atoms with van der Waals surface area (Å²) in [6.45, 7) is 1.37. The van der Waals surface area contributed by atoms with Crippen LogP contribution < -0.4 is 11.1 Å². The first-order valence-electron chi connectivity index (χ1n) is 11.0. The molecule has 10 heteroatoms. The molecular weight excluding hydrogens is 491 g/mol. The summed E-state index contributed by atoms with van der Waals surface area (Å²) < 4.78 is 41.2. The number of thioether (sulfide) groups is 1.